The average molecular weight is 448 g/mol. The van der Waals surface area contributed by atoms with E-state index in [9.17, 15) is 4.79 Å². The molecule has 2 aromatic carbocycles. The Bertz CT molecular complexity index is 1370. The van der Waals surface area contributed by atoms with Crippen LogP contribution >= 0.6 is 11.3 Å². The maximum absolute atomic E-state index is 12.8. The predicted molar refractivity (Wildman–Crippen MR) is 129 cm³/mol. The third kappa shape index (κ3) is 4.89. The second-order valence-electron chi connectivity index (χ2n) is 7.94. The maximum Gasteiger partial charge on any atom is 0.291 e. The van der Waals surface area contributed by atoms with Crippen LogP contribution in [0.3, 0.4) is 0 Å². The zero-order chi connectivity index (χ0) is 22.7. The third-order valence-corrected chi connectivity index (χ3v) is 5.72. The quantitative estimate of drug-likeness (QED) is 0.424. The molecule has 4 rings (SSSR count). The lowest BCUT2D eigenvalue weighted by molar-refractivity contribution is 0.257. The summed E-state index contributed by atoms with van der Waals surface area (Å²) < 4.78 is 13.2. The van der Waals surface area contributed by atoms with Gasteiger partial charge >= 0.3 is 0 Å². The number of aromatic nitrogens is 3. The summed E-state index contributed by atoms with van der Waals surface area (Å²) >= 11 is 1.31. The van der Waals surface area contributed by atoms with E-state index in [4.69, 9.17) is 9.47 Å². The highest BCUT2D eigenvalue weighted by Gasteiger charge is 2.10. The van der Waals surface area contributed by atoms with Gasteiger partial charge < -0.3 is 9.47 Å². The summed E-state index contributed by atoms with van der Waals surface area (Å²) in [5.74, 6) is 2.25. The van der Waals surface area contributed by atoms with Crippen LogP contribution in [0.25, 0.3) is 23.2 Å². The van der Waals surface area contributed by atoms with Crippen LogP contribution in [0.1, 0.15) is 36.4 Å². The number of hydrogen-bond acceptors (Lipinski definition) is 6. The molecule has 0 N–H and O–H groups in total. The molecule has 7 heteroatoms. The first-order valence-corrected chi connectivity index (χ1v) is 11.2. The number of methoxy groups -OCH3 is 1. The first kappa shape index (κ1) is 21.8. The van der Waals surface area contributed by atoms with Crippen molar-refractivity contribution >= 4 is 34.5 Å². The molecule has 32 heavy (non-hydrogen) atoms. The van der Waals surface area contributed by atoms with Gasteiger partial charge in [-0.05, 0) is 48.3 Å². The van der Waals surface area contributed by atoms with Crippen LogP contribution in [0.5, 0.6) is 11.5 Å². The Labute approximate surface area is 190 Å². The van der Waals surface area contributed by atoms with Gasteiger partial charge in [0.05, 0.1) is 18.2 Å². The molecule has 0 bridgehead atoms. The second kappa shape index (κ2) is 9.36. The van der Waals surface area contributed by atoms with Crippen molar-refractivity contribution in [2.45, 2.75) is 20.8 Å². The van der Waals surface area contributed by atoms with E-state index in [0.29, 0.717) is 39.3 Å². The largest absolute Gasteiger partial charge is 0.493 e. The fraction of sp³-hybridized carbons (Fsp3) is 0.240. The van der Waals surface area contributed by atoms with E-state index in [-0.39, 0.29) is 5.56 Å². The molecule has 0 radical (unpaired) electrons. The predicted octanol–water partition coefficient (Wildman–Crippen LogP) is 4.22. The molecule has 2 aromatic heterocycles. The van der Waals surface area contributed by atoms with Gasteiger partial charge in [-0.1, -0.05) is 67.2 Å². The number of hydrogen-bond donors (Lipinski definition) is 0. The molecule has 0 fully saturated rings. The Balaban J connectivity index is 1.60. The molecule has 0 saturated heterocycles. The molecule has 0 aliphatic heterocycles. The molecular weight excluding hydrogens is 422 g/mol. The van der Waals surface area contributed by atoms with Crippen LogP contribution in [0, 0.1) is 12.8 Å². The number of ether oxygens (including phenoxy) is 2. The van der Waals surface area contributed by atoms with Crippen molar-refractivity contribution in [3.8, 4) is 11.5 Å². The lowest BCUT2D eigenvalue weighted by Crippen LogP contribution is -2.23. The highest BCUT2D eigenvalue weighted by atomic mass is 32.1. The topological polar surface area (TPSA) is 65.7 Å². The first-order valence-electron chi connectivity index (χ1n) is 10.4. The van der Waals surface area contributed by atoms with Crippen LogP contribution in [-0.4, -0.2) is 28.3 Å². The summed E-state index contributed by atoms with van der Waals surface area (Å²) in [6.07, 6.45) is 5.57. The van der Waals surface area contributed by atoms with Gasteiger partial charge in [-0.15, -0.1) is 5.10 Å². The second-order valence-corrected chi connectivity index (χ2v) is 8.95. The number of benzene rings is 2. The van der Waals surface area contributed by atoms with Crippen LogP contribution in [-0.2, 0) is 0 Å². The summed E-state index contributed by atoms with van der Waals surface area (Å²) in [7, 11) is 1.61. The highest BCUT2D eigenvalue weighted by molar-refractivity contribution is 7.15. The van der Waals surface area contributed by atoms with E-state index in [0.717, 1.165) is 11.1 Å². The minimum Gasteiger partial charge on any atom is -0.493 e. The Morgan fingerprint density at radius 3 is 2.50 bits per heavy atom. The van der Waals surface area contributed by atoms with Gasteiger partial charge in [0.15, 0.2) is 17.3 Å². The lowest BCUT2D eigenvalue weighted by Gasteiger charge is -2.12. The van der Waals surface area contributed by atoms with Crippen LogP contribution < -0.4 is 19.6 Å². The smallest absolute Gasteiger partial charge is 0.291 e. The maximum atomic E-state index is 12.8. The van der Waals surface area contributed by atoms with Gasteiger partial charge in [-0.3, -0.25) is 4.79 Å². The average Bonchev–Trinajstić information content (AvgIpc) is 3.31. The molecule has 4 aromatic rings. The van der Waals surface area contributed by atoms with Crippen molar-refractivity contribution < 1.29 is 9.47 Å². The zero-order valence-electron chi connectivity index (χ0n) is 18.5. The number of nitrogens with zero attached hydrogens (tertiary/aromatic N) is 3. The van der Waals surface area contributed by atoms with Crippen molar-refractivity contribution in [1.29, 1.82) is 0 Å². The molecule has 6 nitrogen and oxygen atoms in total. The van der Waals surface area contributed by atoms with Crippen LogP contribution in [0.4, 0.5) is 0 Å². The molecule has 0 aliphatic rings. The van der Waals surface area contributed by atoms with Gasteiger partial charge in [0.2, 0.25) is 4.96 Å². The third-order valence-electron chi connectivity index (χ3n) is 4.76. The van der Waals surface area contributed by atoms with E-state index in [1.165, 1.54) is 21.4 Å². The van der Waals surface area contributed by atoms with Crippen molar-refractivity contribution in [1.82, 2.24) is 14.6 Å². The standard InChI is InChI=1S/C25H25N3O3S/c1-16(2)15-31-20-11-9-19(13-21(20)30-4)14-22-24(29)28-25(32-22)26-23(27-28)12-10-18-7-5-17(3)6-8-18/h5-14,16H,15H2,1-4H3/b12-10+,22-14+. The van der Waals surface area contributed by atoms with Crippen molar-refractivity contribution in [3.05, 3.63) is 79.9 Å². The van der Waals surface area contributed by atoms with Gasteiger partial charge in [-0.2, -0.15) is 9.50 Å². The molecule has 0 unspecified atom stereocenters. The van der Waals surface area contributed by atoms with E-state index in [1.54, 1.807) is 7.11 Å². The summed E-state index contributed by atoms with van der Waals surface area (Å²) in [5.41, 5.74) is 2.92. The molecule has 164 valence electrons. The van der Waals surface area contributed by atoms with E-state index in [2.05, 4.69) is 36.1 Å². The Hall–Kier alpha value is -3.45. The summed E-state index contributed by atoms with van der Waals surface area (Å²) in [6, 6.07) is 13.8. The Morgan fingerprint density at radius 2 is 1.81 bits per heavy atom. The van der Waals surface area contributed by atoms with Gasteiger partial charge in [-0.25, -0.2) is 0 Å². The first-order chi connectivity index (χ1) is 15.4. The molecule has 0 amide bonds. The minimum atomic E-state index is -0.188. The number of thiazole rings is 1. The van der Waals surface area contributed by atoms with Crippen LogP contribution in [0.15, 0.2) is 47.3 Å². The lowest BCUT2D eigenvalue weighted by atomic mass is 10.1. The van der Waals surface area contributed by atoms with Crippen LogP contribution in [0.2, 0.25) is 0 Å². The molecule has 2 heterocycles. The highest BCUT2D eigenvalue weighted by Crippen LogP contribution is 2.28. The summed E-state index contributed by atoms with van der Waals surface area (Å²) in [5, 5.41) is 4.35. The SMILES string of the molecule is COc1cc(/C=c2/sc3nc(/C=C/c4ccc(C)cc4)nn3c2=O)ccc1OCC(C)C. The molecular formula is C25H25N3O3S. The van der Waals surface area contributed by atoms with E-state index >= 15 is 0 Å². The number of aryl methyl sites for hydroxylation is 1. The normalized spacial score (nSPS) is 12.3. The Kier molecular flexibility index (Phi) is 6.37. The fourth-order valence-corrected chi connectivity index (χ4v) is 3.98. The van der Waals surface area contributed by atoms with Gasteiger partial charge in [0.25, 0.3) is 5.56 Å². The van der Waals surface area contributed by atoms with E-state index < -0.39 is 0 Å². The summed E-state index contributed by atoms with van der Waals surface area (Å²) in [4.78, 5) is 17.9. The number of fused-ring (bicyclic) bond motifs is 1. The van der Waals surface area contributed by atoms with Gasteiger partial charge in [0, 0.05) is 0 Å². The monoisotopic (exact) mass is 447 g/mol. The van der Waals surface area contributed by atoms with E-state index in [1.807, 2.05) is 55.5 Å². The van der Waals surface area contributed by atoms with Crippen molar-refractivity contribution in [2.75, 3.05) is 13.7 Å². The minimum absolute atomic E-state index is 0.188. The molecule has 0 spiro atoms. The Morgan fingerprint density at radius 1 is 1.06 bits per heavy atom. The molecule has 0 atom stereocenters. The molecule has 0 aliphatic carbocycles. The summed E-state index contributed by atoms with van der Waals surface area (Å²) in [6.45, 7) is 6.84. The van der Waals surface area contributed by atoms with Crippen molar-refractivity contribution in [2.24, 2.45) is 5.92 Å². The fourth-order valence-electron chi connectivity index (χ4n) is 3.07. The van der Waals surface area contributed by atoms with Crippen molar-refractivity contribution in [3.63, 3.8) is 0 Å². The zero-order valence-corrected chi connectivity index (χ0v) is 19.3. The van der Waals surface area contributed by atoms with Gasteiger partial charge in [0.1, 0.15) is 0 Å². The molecule has 0 saturated carbocycles. The number of rotatable bonds is 7.